The molecule has 0 radical (unpaired) electrons. The Hall–Kier alpha value is -2.26. The average Bonchev–Trinajstić information content (AvgIpc) is 2.95. The van der Waals surface area contributed by atoms with Crippen molar-refractivity contribution in [2.45, 2.75) is 26.2 Å². The van der Waals surface area contributed by atoms with Crippen LogP contribution in [0, 0.1) is 6.92 Å². The molecule has 2 heterocycles. The standard InChI is InChI=1S/C20H18N2S/c1-13-18-17(15-11-7-8-12-16(15)23-18)22-19(21-13)20(2,3)14-9-5-4-6-10-14/h4-12H,1-3H3. The second kappa shape index (κ2) is 5.14. The first-order chi connectivity index (χ1) is 11.1. The van der Waals surface area contributed by atoms with Crippen molar-refractivity contribution < 1.29 is 0 Å². The van der Waals surface area contributed by atoms with Crippen LogP contribution in [0.15, 0.2) is 54.6 Å². The van der Waals surface area contributed by atoms with Crippen molar-refractivity contribution in [2.24, 2.45) is 0 Å². The first-order valence-corrected chi connectivity index (χ1v) is 8.61. The Bertz CT molecular complexity index is 1000. The zero-order valence-corrected chi connectivity index (χ0v) is 14.3. The summed E-state index contributed by atoms with van der Waals surface area (Å²) in [5.41, 5.74) is 3.16. The van der Waals surface area contributed by atoms with E-state index in [4.69, 9.17) is 9.97 Å². The summed E-state index contributed by atoms with van der Waals surface area (Å²) in [7, 11) is 0. The Morgan fingerprint density at radius 1 is 0.870 bits per heavy atom. The van der Waals surface area contributed by atoms with Gasteiger partial charge in [-0.1, -0.05) is 48.5 Å². The maximum Gasteiger partial charge on any atom is 0.139 e. The van der Waals surface area contributed by atoms with Crippen LogP contribution in [0.25, 0.3) is 20.3 Å². The van der Waals surface area contributed by atoms with E-state index < -0.39 is 0 Å². The number of thiophene rings is 1. The minimum absolute atomic E-state index is 0.219. The summed E-state index contributed by atoms with van der Waals surface area (Å²) in [4.78, 5) is 9.82. The van der Waals surface area contributed by atoms with Gasteiger partial charge in [-0.25, -0.2) is 9.97 Å². The molecular formula is C20H18N2S. The van der Waals surface area contributed by atoms with Gasteiger partial charge in [-0.05, 0) is 32.4 Å². The molecule has 23 heavy (non-hydrogen) atoms. The number of aromatic nitrogens is 2. The maximum absolute atomic E-state index is 4.97. The van der Waals surface area contributed by atoms with Gasteiger partial charge in [0.15, 0.2) is 0 Å². The molecule has 0 unspecified atom stereocenters. The van der Waals surface area contributed by atoms with Gasteiger partial charge in [0.2, 0.25) is 0 Å². The first-order valence-electron chi connectivity index (χ1n) is 7.79. The van der Waals surface area contributed by atoms with E-state index in [1.807, 2.05) is 6.07 Å². The molecule has 4 rings (SSSR count). The quantitative estimate of drug-likeness (QED) is 0.489. The van der Waals surface area contributed by atoms with Crippen LogP contribution < -0.4 is 0 Å². The summed E-state index contributed by atoms with van der Waals surface area (Å²) in [5, 5.41) is 1.23. The average molecular weight is 318 g/mol. The van der Waals surface area contributed by atoms with E-state index in [2.05, 4.69) is 69.3 Å². The summed E-state index contributed by atoms with van der Waals surface area (Å²) >= 11 is 1.78. The molecule has 0 aliphatic carbocycles. The van der Waals surface area contributed by atoms with Crippen LogP contribution in [0.4, 0.5) is 0 Å². The smallest absolute Gasteiger partial charge is 0.139 e. The SMILES string of the molecule is Cc1nc(C(C)(C)c2ccccc2)nc2c1sc1ccccc12. The monoisotopic (exact) mass is 318 g/mol. The highest BCUT2D eigenvalue weighted by Crippen LogP contribution is 2.36. The van der Waals surface area contributed by atoms with E-state index >= 15 is 0 Å². The molecule has 0 aliphatic rings. The van der Waals surface area contributed by atoms with Gasteiger partial charge in [0, 0.05) is 15.5 Å². The lowest BCUT2D eigenvalue weighted by Gasteiger charge is -2.24. The molecule has 114 valence electrons. The van der Waals surface area contributed by atoms with Crippen molar-refractivity contribution in [1.82, 2.24) is 9.97 Å². The molecule has 0 bridgehead atoms. The highest BCUT2D eigenvalue weighted by molar-refractivity contribution is 7.25. The molecule has 3 heteroatoms. The summed E-state index contributed by atoms with van der Waals surface area (Å²) < 4.78 is 2.47. The van der Waals surface area contributed by atoms with Crippen LogP contribution >= 0.6 is 11.3 Å². The van der Waals surface area contributed by atoms with Crippen molar-refractivity contribution in [3.05, 3.63) is 71.7 Å². The fraction of sp³-hybridized carbons (Fsp3) is 0.200. The molecule has 2 aromatic heterocycles. The van der Waals surface area contributed by atoms with Crippen LogP contribution in [-0.2, 0) is 5.41 Å². The second-order valence-electron chi connectivity index (χ2n) is 6.40. The molecule has 0 amide bonds. The van der Waals surface area contributed by atoms with Gasteiger partial charge < -0.3 is 0 Å². The van der Waals surface area contributed by atoms with E-state index in [9.17, 15) is 0 Å². The molecule has 2 aromatic carbocycles. The van der Waals surface area contributed by atoms with Crippen molar-refractivity contribution in [1.29, 1.82) is 0 Å². The Morgan fingerprint density at radius 3 is 2.35 bits per heavy atom. The highest BCUT2D eigenvalue weighted by Gasteiger charge is 2.27. The molecule has 0 aliphatic heterocycles. The number of aryl methyl sites for hydroxylation is 1. The van der Waals surface area contributed by atoms with Crippen molar-refractivity contribution in [3.63, 3.8) is 0 Å². The third kappa shape index (κ3) is 2.23. The molecule has 0 atom stereocenters. The van der Waals surface area contributed by atoms with E-state index in [0.29, 0.717) is 0 Å². The van der Waals surface area contributed by atoms with Crippen molar-refractivity contribution in [2.75, 3.05) is 0 Å². The lowest BCUT2D eigenvalue weighted by molar-refractivity contribution is 0.592. The fourth-order valence-electron chi connectivity index (χ4n) is 2.99. The number of benzene rings is 2. The van der Waals surface area contributed by atoms with Gasteiger partial charge in [0.1, 0.15) is 5.82 Å². The van der Waals surface area contributed by atoms with Gasteiger partial charge in [0.25, 0.3) is 0 Å². The number of hydrogen-bond acceptors (Lipinski definition) is 3. The molecular weight excluding hydrogens is 300 g/mol. The Kier molecular flexibility index (Phi) is 3.20. The lowest BCUT2D eigenvalue weighted by atomic mass is 9.83. The zero-order chi connectivity index (χ0) is 16.0. The van der Waals surface area contributed by atoms with E-state index in [1.54, 1.807) is 11.3 Å². The van der Waals surface area contributed by atoms with Gasteiger partial charge >= 0.3 is 0 Å². The molecule has 0 saturated heterocycles. The predicted octanol–water partition coefficient (Wildman–Crippen LogP) is 5.48. The topological polar surface area (TPSA) is 25.8 Å². The third-order valence-electron chi connectivity index (χ3n) is 4.44. The van der Waals surface area contributed by atoms with Crippen molar-refractivity contribution in [3.8, 4) is 0 Å². The summed E-state index contributed by atoms with van der Waals surface area (Å²) in [5.74, 6) is 0.886. The third-order valence-corrected chi connectivity index (χ3v) is 5.71. The van der Waals surface area contributed by atoms with Crippen LogP contribution in [-0.4, -0.2) is 9.97 Å². The normalized spacial score (nSPS) is 12.1. The Balaban J connectivity index is 1.99. The van der Waals surface area contributed by atoms with E-state index in [0.717, 1.165) is 17.0 Å². The van der Waals surface area contributed by atoms with Crippen LogP contribution in [0.2, 0.25) is 0 Å². The highest BCUT2D eigenvalue weighted by atomic mass is 32.1. The summed E-state index contributed by atoms with van der Waals surface area (Å²) in [6, 6.07) is 18.9. The van der Waals surface area contributed by atoms with Gasteiger partial charge in [-0.2, -0.15) is 0 Å². The molecule has 4 aromatic rings. The Labute approximate surface area is 139 Å². The largest absolute Gasteiger partial charge is 0.236 e. The van der Waals surface area contributed by atoms with Gasteiger partial charge in [-0.15, -0.1) is 11.3 Å². The molecule has 0 spiro atoms. The van der Waals surface area contributed by atoms with Crippen LogP contribution in [0.5, 0.6) is 0 Å². The zero-order valence-electron chi connectivity index (χ0n) is 13.5. The predicted molar refractivity (Wildman–Crippen MR) is 98.2 cm³/mol. The first kappa shape index (κ1) is 14.3. The number of fused-ring (bicyclic) bond motifs is 3. The summed E-state index contributed by atoms with van der Waals surface area (Å²) in [6.07, 6.45) is 0. The molecule has 0 fully saturated rings. The lowest BCUT2D eigenvalue weighted by Crippen LogP contribution is -2.22. The second-order valence-corrected chi connectivity index (χ2v) is 7.45. The number of hydrogen-bond donors (Lipinski definition) is 0. The molecule has 0 saturated carbocycles. The summed E-state index contributed by atoms with van der Waals surface area (Å²) in [6.45, 7) is 6.47. The fourth-order valence-corrected chi connectivity index (χ4v) is 4.08. The van der Waals surface area contributed by atoms with Gasteiger partial charge in [0.05, 0.1) is 15.9 Å². The van der Waals surface area contributed by atoms with Gasteiger partial charge in [-0.3, -0.25) is 0 Å². The van der Waals surface area contributed by atoms with Crippen LogP contribution in [0.3, 0.4) is 0 Å². The minimum atomic E-state index is -0.219. The van der Waals surface area contributed by atoms with E-state index in [-0.39, 0.29) is 5.41 Å². The van der Waals surface area contributed by atoms with E-state index in [1.165, 1.54) is 20.3 Å². The van der Waals surface area contributed by atoms with Crippen molar-refractivity contribution >= 4 is 31.6 Å². The minimum Gasteiger partial charge on any atom is -0.236 e. The van der Waals surface area contributed by atoms with Crippen LogP contribution in [0.1, 0.15) is 30.9 Å². The number of nitrogens with zero attached hydrogens (tertiary/aromatic N) is 2. The molecule has 2 nitrogen and oxygen atoms in total. The maximum atomic E-state index is 4.97. The number of rotatable bonds is 2. The Morgan fingerprint density at radius 2 is 1.57 bits per heavy atom. The molecule has 0 N–H and O–H groups in total.